The van der Waals surface area contributed by atoms with Crippen molar-refractivity contribution in [3.8, 4) is 0 Å². The number of rotatable bonds is 1. The van der Waals surface area contributed by atoms with E-state index in [1.165, 1.54) is 12.1 Å². The predicted molar refractivity (Wildman–Crippen MR) is 38.4 cm³/mol. The first-order chi connectivity index (χ1) is 4.70. The van der Waals surface area contributed by atoms with Crippen molar-refractivity contribution in [2.45, 2.75) is 0 Å². The van der Waals surface area contributed by atoms with Gasteiger partial charge in [0.15, 0.2) is 0 Å². The molecule has 0 bridgehead atoms. The van der Waals surface area contributed by atoms with E-state index in [0.717, 1.165) is 0 Å². The van der Waals surface area contributed by atoms with Gasteiger partial charge in [0.25, 0.3) is 0 Å². The van der Waals surface area contributed by atoms with Crippen molar-refractivity contribution in [2.24, 2.45) is 0 Å². The fourth-order valence-corrected chi connectivity index (χ4v) is 0.812. The fourth-order valence-electron chi connectivity index (χ4n) is 0.622. The van der Waals surface area contributed by atoms with Gasteiger partial charge in [0.2, 0.25) is 0 Å². The van der Waals surface area contributed by atoms with Crippen LogP contribution in [0.1, 0.15) is 10.4 Å². The topological polar surface area (TPSA) is 37.3 Å². The largest absolute Gasteiger partial charge is 0.478 e. The molecular weight excluding hydrogens is 210 g/mol. The van der Waals surface area contributed by atoms with Gasteiger partial charge in [-0.1, -0.05) is 17.7 Å². The van der Waals surface area contributed by atoms with Gasteiger partial charge >= 0.3 is 5.97 Å². The van der Waals surface area contributed by atoms with Gasteiger partial charge in [-0.15, -0.1) is 0 Å². The Morgan fingerprint density at radius 3 is 2.45 bits per heavy atom. The summed E-state index contributed by atoms with van der Waals surface area (Å²) in [5, 5.41) is 8.89. The molecule has 0 atom stereocenters. The molecule has 1 rings (SSSR count). The van der Waals surface area contributed by atoms with E-state index in [4.69, 9.17) is 16.7 Å². The summed E-state index contributed by atoms with van der Waals surface area (Å²) in [4.78, 5) is 10.3. The van der Waals surface area contributed by atoms with Gasteiger partial charge in [-0.3, -0.25) is 0 Å². The molecule has 0 fully saturated rings. The molecular formula is C7H5ClNiO2. The smallest absolute Gasteiger partial charge is 0.335 e. The third-order valence-electron chi connectivity index (χ3n) is 1.07. The Kier molecular flexibility index (Phi) is 4.16. The molecule has 0 aliphatic carbocycles. The van der Waals surface area contributed by atoms with E-state index in [1.807, 2.05) is 0 Å². The number of aromatic carboxylic acids is 1. The van der Waals surface area contributed by atoms with Crippen LogP contribution in [0.25, 0.3) is 0 Å². The first-order valence-corrected chi connectivity index (χ1v) is 3.07. The van der Waals surface area contributed by atoms with Gasteiger partial charge in [-0.2, -0.15) is 0 Å². The van der Waals surface area contributed by atoms with Crippen LogP contribution < -0.4 is 0 Å². The van der Waals surface area contributed by atoms with Crippen molar-refractivity contribution in [1.82, 2.24) is 0 Å². The van der Waals surface area contributed by atoms with Crippen LogP contribution in [-0.4, -0.2) is 11.1 Å². The van der Waals surface area contributed by atoms with E-state index in [0.29, 0.717) is 5.02 Å². The maximum absolute atomic E-state index is 10.3. The van der Waals surface area contributed by atoms with Crippen LogP contribution >= 0.6 is 11.6 Å². The van der Waals surface area contributed by atoms with Gasteiger partial charge in [0, 0.05) is 21.5 Å². The van der Waals surface area contributed by atoms with Gasteiger partial charge in [0.05, 0.1) is 5.56 Å². The van der Waals surface area contributed by atoms with Crippen LogP contribution in [0.5, 0.6) is 0 Å². The molecule has 4 heteroatoms. The van der Waals surface area contributed by atoms with E-state index in [1.54, 1.807) is 12.1 Å². The Bertz CT molecular complexity index is 262. The normalized spacial score (nSPS) is 8.45. The van der Waals surface area contributed by atoms with Crippen LogP contribution in [0.4, 0.5) is 0 Å². The molecule has 1 aromatic rings. The summed E-state index contributed by atoms with van der Waals surface area (Å²) in [5.74, 6) is -0.956. The molecule has 11 heavy (non-hydrogen) atoms. The van der Waals surface area contributed by atoms with E-state index in [-0.39, 0.29) is 22.1 Å². The Hall–Kier alpha value is -0.526. The van der Waals surface area contributed by atoms with Crippen LogP contribution in [0.3, 0.4) is 0 Å². The zero-order chi connectivity index (χ0) is 7.56. The van der Waals surface area contributed by atoms with Gasteiger partial charge in [0.1, 0.15) is 0 Å². The van der Waals surface area contributed by atoms with E-state index >= 15 is 0 Å². The third-order valence-corrected chi connectivity index (χ3v) is 1.31. The maximum Gasteiger partial charge on any atom is 0.335 e. The first-order valence-electron chi connectivity index (χ1n) is 2.69. The SMILES string of the molecule is O=C(O)c1cccc(Cl)c1.[Ni]. The fraction of sp³-hybridized carbons (Fsp3) is 0. The van der Waals surface area contributed by atoms with Gasteiger partial charge < -0.3 is 5.11 Å². The number of halogens is 1. The third kappa shape index (κ3) is 2.91. The molecule has 0 unspecified atom stereocenters. The summed E-state index contributed by atoms with van der Waals surface area (Å²) in [6, 6.07) is 6.14. The molecule has 0 saturated carbocycles. The van der Waals surface area contributed by atoms with Crippen molar-refractivity contribution in [2.75, 3.05) is 0 Å². The standard InChI is InChI=1S/C7H5ClO2.Ni/c8-6-3-1-2-5(4-6)7(9)10;/h1-4H,(H,9,10);. The second-order valence-electron chi connectivity index (χ2n) is 1.82. The molecule has 1 aromatic carbocycles. The number of carboxylic acids is 1. The second-order valence-corrected chi connectivity index (χ2v) is 2.25. The predicted octanol–water partition coefficient (Wildman–Crippen LogP) is 2.04. The van der Waals surface area contributed by atoms with Crippen molar-refractivity contribution in [3.63, 3.8) is 0 Å². The Labute approximate surface area is 79.1 Å². The average molecular weight is 215 g/mol. The van der Waals surface area contributed by atoms with Crippen molar-refractivity contribution in [1.29, 1.82) is 0 Å². The van der Waals surface area contributed by atoms with Crippen LogP contribution in [0.2, 0.25) is 5.02 Å². The maximum atomic E-state index is 10.3. The minimum Gasteiger partial charge on any atom is -0.478 e. The molecule has 0 aliphatic heterocycles. The zero-order valence-corrected chi connectivity index (χ0v) is 7.10. The number of benzene rings is 1. The van der Waals surface area contributed by atoms with Crippen LogP contribution in [-0.2, 0) is 16.5 Å². The molecule has 0 saturated heterocycles. The van der Waals surface area contributed by atoms with E-state index in [9.17, 15) is 4.79 Å². The minimum absolute atomic E-state index is 0. The number of carboxylic acid groups (broad SMARTS) is 1. The second kappa shape index (κ2) is 4.37. The first kappa shape index (κ1) is 10.5. The molecule has 0 spiro atoms. The van der Waals surface area contributed by atoms with Gasteiger partial charge in [-0.05, 0) is 18.2 Å². The quantitative estimate of drug-likeness (QED) is 0.728. The average Bonchev–Trinajstić information content (AvgIpc) is 1.88. The summed E-state index contributed by atoms with van der Waals surface area (Å²) in [5.41, 5.74) is 0.215. The molecule has 0 aliphatic rings. The van der Waals surface area contributed by atoms with Crippen LogP contribution in [0.15, 0.2) is 24.3 Å². The Morgan fingerprint density at radius 1 is 1.45 bits per heavy atom. The molecule has 0 heterocycles. The van der Waals surface area contributed by atoms with Crippen molar-refractivity contribution < 1.29 is 26.4 Å². The molecule has 0 radical (unpaired) electrons. The van der Waals surface area contributed by atoms with Crippen molar-refractivity contribution in [3.05, 3.63) is 34.9 Å². The van der Waals surface area contributed by atoms with E-state index in [2.05, 4.69) is 0 Å². The zero-order valence-electron chi connectivity index (χ0n) is 5.36. The summed E-state index contributed by atoms with van der Waals surface area (Å²) >= 11 is 5.53. The number of carbonyl (C=O) groups is 1. The van der Waals surface area contributed by atoms with Crippen molar-refractivity contribution >= 4 is 17.6 Å². The van der Waals surface area contributed by atoms with Gasteiger partial charge in [-0.25, -0.2) is 4.79 Å². The Morgan fingerprint density at radius 2 is 2.09 bits per heavy atom. The summed E-state index contributed by atoms with van der Waals surface area (Å²) in [6.45, 7) is 0. The van der Waals surface area contributed by atoms with Crippen LogP contribution in [0, 0.1) is 0 Å². The summed E-state index contributed by atoms with van der Waals surface area (Å²) in [6.07, 6.45) is 0. The molecule has 0 amide bonds. The monoisotopic (exact) mass is 214 g/mol. The Balaban J connectivity index is 0.000001000. The molecule has 0 aromatic heterocycles. The summed E-state index contributed by atoms with van der Waals surface area (Å²) < 4.78 is 0. The number of hydrogen-bond acceptors (Lipinski definition) is 1. The minimum atomic E-state index is -0.956. The van der Waals surface area contributed by atoms with E-state index < -0.39 is 5.97 Å². The molecule has 2 nitrogen and oxygen atoms in total. The molecule has 62 valence electrons. The summed E-state index contributed by atoms with van der Waals surface area (Å²) in [7, 11) is 0. The molecule has 1 N–H and O–H groups in total. The number of hydrogen-bond donors (Lipinski definition) is 1.